The Hall–Kier alpha value is -2.00. The van der Waals surface area contributed by atoms with Crippen LogP contribution in [0.1, 0.15) is 29.2 Å². The van der Waals surface area contributed by atoms with Crippen molar-refractivity contribution in [2.45, 2.75) is 33.0 Å². The number of guanidine groups is 1. The number of aliphatic imine (C=N–C) groups is 1. The molecule has 0 radical (unpaired) electrons. The van der Waals surface area contributed by atoms with Crippen LogP contribution in [0.3, 0.4) is 0 Å². The van der Waals surface area contributed by atoms with Crippen LogP contribution in [-0.2, 0) is 30.9 Å². The van der Waals surface area contributed by atoms with E-state index in [-0.39, 0.29) is 24.0 Å². The van der Waals surface area contributed by atoms with Crippen LogP contribution in [0.2, 0.25) is 0 Å². The monoisotopic (exact) mass is 525 g/mol. The second-order valence-electron chi connectivity index (χ2n) is 6.95. The molecule has 3 rings (SSSR count). The first-order chi connectivity index (χ1) is 14.2. The standard InChI is InChI=1S/C23H31N3O3.HI/c1-5-29-16-19-9-7-6-8-18(19)14-25-23(24-2)26-11-10-17-12-21(27-3)22(28-4)13-20(17)15-26;/h6-9,12-13H,5,10-11,14-16H2,1-4H3,(H,24,25);1H. The Morgan fingerprint density at radius 1 is 1.07 bits per heavy atom. The van der Waals surface area contributed by atoms with Gasteiger partial charge in [-0.05, 0) is 47.7 Å². The van der Waals surface area contributed by atoms with Gasteiger partial charge >= 0.3 is 0 Å². The minimum Gasteiger partial charge on any atom is -0.493 e. The number of nitrogens with zero attached hydrogens (tertiary/aromatic N) is 2. The minimum absolute atomic E-state index is 0. The summed E-state index contributed by atoms with van der Waals surface area (Å²) in [6.07, 6.45) is 0.942. The molecule has 7 heteroatoms. The zero-order chi connectivity index (χ0) is 20.6. The van der Waals surface area contributed by atoms with Crippen LogP contribution < -0.4 is 14.8 Å². The van der Waals surface area contributed by atoms with Crippen LogP contribution >= 0.6 is 24.0 Å². The van der Waals surface area contributed by atoms with E-state index in [9.17, 15) is 0 Å². The Morgan fingerprint density at radius 2 is 1.73 bits per heavy atom. The third kappa shape index (κ3) is 5.78. The van der Waals surface area contributed by atoms with Crippen LogP contribution in [0.15, 0.2) is 41.4 Å². The van der Waals surface area contributed by atoms with Gasteiger partial charge in [-0.25, -0.2) is 0 Å². The molecule has 0 aromatic heterocycles. The van der Waals surface area contributed by atoms with Gasteiger partial charge in [-0.3, -0.25) is 4.99 Å². The maximum Gasteiger partial charge on any atom is 0.194 e. The summed E-state index contributed by atoms with van der Waals surface area (Å²) in [4.78, 5) is 6.79. The van der Waals surface area contributed by atoms with Gasteiger partial charge in [0.1, 0.15) is 0 Å². The Labute approximate surface area is 196 Å². The SMILES string of the molecule is CCOCc1ccccc1CNC(=NC)N1CCc2cc(OC)c(OC)cc2C1.I. The summed E-state index contributed by atoms with van der Waals surface area (Å²) >= 11 is 0. The number of halogens is 1. The van der Waals surface area contributed by atoms with Crippen molar-refractivity contribution < 1.29 is 14.2 Å². The normalized spacial score (nSPS) is 13.3. The maximum absolute atomic E-state index is 5.60. The molecule has 0 unspecified atom stereocenters. The molecule has 0 atom stereocenters. The van der Waals surface area contributed by atoms with Crippen molar-refractivity contribution in [2.75, 3.05) is 34.4 Å². The molecule has 164 valence electrons. The van der Waals surface area contributed by atoms with E-state index in [1.807, 2.05) is 14.0 Å². The Balaban J connectivity index is 0.00000320. The van der Waals surface area contributed by atoms with E-state index in [1.165, 1.54) is 22.3 Å². The van der Waals surface area contributed by atoms with Gasteiger partial charge in [-0.1, -0.05) is 24.3 Å². The van der Waals surface area contributed by atoms with E-state index in [2.05, 4.69) is 51.6 Å². The number of fused-ring (bicyclic) bond motifs is 1. The number of rotatable bonds is 7. The lowest BCUT2D eigenvalue weighted by molar-refractivity contribution is 0.133. The van der Waals surface area contributed by atoms with E-state index in [0.29, 0.717) is 19.8 Å². The fourth-order valence-corrected chi connectivity index (χ4v) is 3.65. The lowest BCUT2D eigenvalue weighted by Gasteiger charge is -2.32. The van der Waals surface area contributed by atoms with E-state index in [1.54, 1.807) is 14.2 Å². The Bertz CT molecular complexity index is 858. The molecule has 30 heavy (non-hydrogen) atoms. The summed E-state index contributed by atoms with van der Waals surface area (Å²) in [5.41, 5.74) is 4.98. The molecule has 0 spiro atoms. The van der Waals surface area contributed by atoms with Gasteiger partial charge in [0.25, 0.3) is 0 Å². The van der Waals surface area contributed by atoms with Crippen molar-refractivity contribution in [3.05, 3.63) is 58.7 Å². The third-order valence-electron chi connectivity index (χ3n) is 5.25. The van der Waals surface area contributed by atoms with Crippen LogP contribution in [-0.4, -0.2) is 45.3 Å². The molecule has 1 aliphatic heterocycles. The first-order valence-corrected chi connectivity index (χ1v) is 10.0. The molecule has 2 aromatic carbocycles. The molecule has 1 heterocycles. The zero-order valence-electron chi connectivity index (χ0n) is 18.2. The second-order valence-corrected chi connectivity index (χ2v) is 6.95. The lowest BCUT2D eigenvalue weighted by atomic mass is 9.99. The topological polar surface area (TPSA) is 55.3 Å². The predicted octanol–water partition coefficient (Wildman–Crippen LogP) is 3.99. The molecule has 0 amide bonds. The molecule has 0 saturated heterocycles. The first kappa shape index (κ1) is 24.3. The predicted molar refractivity (Wildman–Crippen MR) is 131 cm³/mol. The minimum atomic E-state index is 0. The van der Waals surface area contributed by atoms with Crippen molar-refractivity contribution in [3.8, 4) is 11.5 Å². The lowest BCUT2D eigenvalue weighted by Crippen LogP contribution is -2.43. The van der Waals surface area contributed by atoms with Gasteiger partial charge in [-0.2, -0.15) is 0 Å². The van der Waals surface area contributed by atoms with Crippen molar-refractivity contribution in [3.63, 3.8) is 0 Å². The fourth-order valence-electron chi connectivity index (χ4n) is 3.65. The number of methoxy groups -OCH3 is 2. The molecule has 0 saturated carbocycles. The summed E-state index contributed by atoms with van der Waals surface area (Å²) < 4.78 is 16.5. The molecular weight excluding hydrogens is 493 g/mol. The highest BCUT2D eigenvalue weighted by atomic mass is 127. The summed E-state index contributed by atoms with van der Waals surface area (Å²) in [5, 5.41) is 3.52. The van der Waals surface area contributed by atoms with Gasteiger partial charge in [-0.15, -0.1) is 24.0 Å². The van der Waals surface area contributed by atoms with Crippen molar-refractivity contribution in [1.82, 2.24) is 10.2 Å². The summed E-state index contributed by atoms with van der Waals surface area (Å²) in [6, 6.07) is 12.5. The molecule has 2 aromatic rings. The molecule has 1 N–H and O–H groups in total. The summed E-state index contributed by atoms with van der Waals surface area (Å²) in [5.74, 6) is 2.45. The first-order valence-electron chi connectivity index (χ1n) is 10.0. The summed E-state index contributed by atoms with van der Waals surface area (Å²) in [7, 11) is 5.18. The second kappa shape index (κ2) is 12.0. The molecule has 0 fully saturated rings. The van der Waals surface area contributed by atoms with Crippen molar-refractivity contribution >= 4 is 29.9 Å². The van der Waals surface area contributed by atoms with Crippen LogP contribution in [0.4, 0.5) is 0 Å². The number of hydrogen-bond donors (Lipinski definition) is 1. The van der Waals surface area contributed by atoms with E-state index in [0.717, 1.165) is 37.0 Å². The van der Waals surface area contributed by atoms with Gasteiger partial charge < -0.3 is 24.4 Å². The van der Waals surface area contributed by atoms with Gasteiger partial charge in [0.05, 0.1) is 20.8 Å². The number of ether oxygens (including phenoxy) is 3. The number of hydrogen-bond acceptors (Lipinski definition) is 4. The van der Waals surface area contributed by atoms with Gasteiger partial charge in [0.2, 0.25) is 0 Å². The Morgan fingerprint density at radius 3 is 2.37 bits per heavy atom. The van der Waals surface area contributed by atoms with Crippen LogP contribution in [0.25, 0.3) is 0 Å². The smallest absolute Gasteiger partial charge is 0.194 e. The fraction of sp³-hybridized carbons (Fsp3) is 0.435. The highest BCUT2D eigenvalue weighted by Gasteiger charge is 2.21. The number of benzene rings is 2. The van der Waals surface area contributed by atoms with E-state index >= 15 is 0 Å². The average Bonchev–Trinajstić information content (AvgIpc) is 2.77. The van der Waals surface area contributed by atoms with Crippen LogP contribution in [0, 0.1) is 0 Å². The Kier molecular flexibility index (Phi) is 9.71. The van der Waals surface area contributed by atoms with E-state index < -0.39 is 0 Å². The molecule has 6 nitrogen and oxygen atoms in total. The average molecular weight is 525 g/mol. The third-order valence-corrected chi connectivity index (χ3v) is 5.25. The van der Waals surface area contributed by atoms with Crippen molar-refractivity contribution in [2.24, 2.45) is 4.99 Å². The number of nitrogens with one attached hydrogen (secondary N) is 1. The highest BCUT2D eigenvalue weighted by molar-refractivity contribution is 14.0. The van der Waals surface area contributed by atoms with Crippen molar-refractivity contribution in [1.29, 1.82) is 0 Å². The quantitative estimate of drug-likeness (QED) is 0.337. The summed E-state index contributed by atoms with van der Waals surface area (Å²) in [6.45, 7) is 5.77. The molecule has 0 aliphatic carbocycles. The molecule has 1 aliphatic rings. The van der Waals surface area contributed by atoms with Gasteiger partial charge in [0, 0.05) is 33.3 Å². The van der Waals surface area contributed by atoms with Gasteiger partial charge in [0.15, 0.2) is 17.5 Å². The zero-order valence-corrected chi connectivity index (χ0v) is 20.6. The largest absolute Gasteiger partial charge is 0.493 e. The highest BCUT2D eigenvalue weighted by Crippen LogP contribution is 2.33. The molecular formula is C23H32IN3O3. The maximum atomic E-state index is 5.60. The molecule has 0 bridgehead atoms. The van der Waals surface area contributed by atoms with E-state index in [4.69, 9.17) is 14.2 Å². The van der Waals surface area contributed by atoms with Crippen LogP contribution in [0.5, 0.6) is 11.5 Å².